The van der Waals surface area contributed by atoms with Crippen molar-refractivity contribution in [3.05, 3.63) is 94.6 Å². The lowest BCUT2D eigenvalue weighted by molar-refractivity contribution is -0.139. The number of phenolic OH excluding ortho intramolecular Hbond substituents is 1. The summed E-state index contributed by atoms with van der Waals surface area (Å²) in [6.45, 7) is 3.63. The summed E-state index contributed by atoms with van der Waals surface area (Å²) >= 11 is 13.3. The van der Waals surface area contributed by atoms with Crippen LogP contribution in [0, 0.1) is 0 Å². The molecule has 0 unspecified atom stereocenters. The molecule has 3 aromatic rings. The standard InChI is InChI=1S/C23H18Cl2N2O4S/c1-3-31-22(30)19-12(2)26-23-27(20(19)13-4-6-15(24)7-5-13)21(29)18(32-23)11-14-10-16(25)8-9-17(14)28/h4-11,20,28H,3H2,1-2H3/b18-11+/t20-/m1/s1. The van der Waals surface area contributed by atoms with Gasteiger partial charge in [-0.2, -0.15) is 0 Å². The number of hydrogen-bond acceptors (Lipinski definition) is 6. The van der Waals surface area contributed by atoms with Crippen molar-refractivity contribution in [1.29, 1.82) is 0 Å². The van der Waals surface area contributed by atoms with Crippen LogP contribution in [-0.2, 0) is 9.53 Å². The Labute approximate surface area is 197 Å². The van der Waals surface area contributed by atoms with Crippen LogP contribution in [0.25, 0.3) is 6.08 Å². The molecule has 164 valence electrons. The number of carbonyl (C=O) groups excluding carboxylic acids is 1. The predicted octanol–water partition coefficient (Wildman–Crippen LogP) is 3.81. The maximum atomic E-state index is 13.5. The molecular formula is C23H18Cl2N2O4S. The number of ether oxygens (including phenoxy) is 1. The molecule has 0 radical (unpaired) electrons. The second kappa shape index (κ2) is 8.94. The molecule has 1 atom stereocenters. The van der Waals surface area contributed by atoms with E-state index >= 15 is 0 Å². The average molecular weight is 489 g/mol. The monoisotopic (exact) mass is 488 g/mol. The Kier molecular flexibility index (Phi) is 6.24. The molecule has 4 rings (SSSR count). The number of phenols is 1. The predicted molar refractivity (Wildman–Crippen MR) is 125 cm³/mol. The van der Waals surface area contributed by atoms with Crippen LogP contribution in [0.15, 0.2) is 63.5 Å². The summed E-state index contributed by atoms with van der Waals surface area (Å²) in [5.41, 5.74) is 1.53. The highest BCUT2D eigenvalue weighted by molar-refractivity contribution is 7.07. The second-order valence-electron chi connectivity index (χ2n) is 7.06. The molecule has 1 N–H and O–H groups in total. The number of aromatic nitrogens is 1. The first-order chi connectivity index (χ1) is 15.3. The molecule has 6 nitrogen and oxygen atoms in total. The summed E-state index contributed by atoms with van der Waals surface area (Å²) in [5.74, 6) is -0.534. The number of fused-ring (bicyclic) bond motifs is 1. The van der Waals surface area contributed by atoms with Crippen LogP contribution in [-0.4, -0.2) is 22.2 Å². The molecule has 1 aromatic heterocycles. The van der Waals surface area contributed by atoms with Gasteiger partial charge in [-0.05, 0) is 55.8 Å². The summed E-state index contributed by atoms with van der Waals surface area (Å²) < 4.78 is 7.08. The Morgan fingerprint density at radius 3 is 2.59 bits per heavy atom. The molecule has 32 heavy (non-hydrogen) atoms. The van der Waals surface area contributed by atoms with Crippen molar-refractivity contribution in [3.63, 3.8) is 0 Å². The van der Waals surface area contributed by atoms with E-state index in [4.69, 9.17) is 27.9 Å². The highest BCUT2D eigenvalue weighted by Gasteiger charge is 2.33. The molecule has 1 aliphatic rings. The van der Waals surface area contributed by atoms with Crippen molar-refractivity contribution >= 4 is 46.6 Å². The number of thiazole rings is 1. The molecule has 0 bridgehead atoms. The lowest BCUT2D eigenvalue weighted by Crippen LogP contribution is -2.39. The summed E-state index contributed by atoms with van der Waals surface area (Å²) in [6, 6.07) is 10.8. The molecule has 0 aliphatic carbocycles. The Hall–Kier alpha value is -2.87. The number of esters is 1. The number of nitrogens with zero attached hydrogens (tertiary/aromatic N) is 2. The van der Waals surface area contributed by atoms with Gasteiger partial charge in [-0.3, -0.25) is 9.36 Å². The van der Waals surface area contributed by atoms with E-state index in [0.29, 0.717) is 41.8 Å². The molecule has 1 aliphatic heterocycles. The minimum absolute atomic E-state index is 0.00196. The minimum Gasteiger partial charge on any atom is -0.507 e. The van der Waals surface area contributed by atoms with Crippen LogP contribution in [0.1, 0.15) is 31.0 Å². The van der Waals surface area contributed by atoms with Crippen molar-refractivity contribution in [2.75, 3.05) is 6.61 Å². The molecule has 2 aromatic carbocycles. The molecule has 0 amide bonds. The Bertz CT molecular complexity index is 1420. The van der Waals surface area contributed by atoms with Crippen LogP contribution >= 0.6 is 34.5 Å². The highest BCUT2D eigenvalue weighted by atomic mass is 35.5. The van der Waals surface area contributed by atoms with Gasteiger partial charge < -0.3 is 9.84 Å². The van der Waals surface area contributed by atoms with Gasteiger partial charge in [-0.15, -0.1) is 0 Å². The van der Waals surface area contributed by atoms with E-state index < -0.39 is 12.0 Å². The maximum absolute atomic E-state index is 13.5. The molecular weight excluding hydrogens is 471 g/mol. The van der Waals surface area contributed by atoms with Crippen molar-refractivity contribution in [1.82, 2.24) is 4.57 Å². The summed E-state index contributed by atoms with van der Waals surface area (Å²) in [7, 11) is 0. The quantitative estimate of drug-likeness (QED) is 0.566. The van der Waals surface area contributed by atoms with Crippen LogP contribution in [0.5, 0.6) is 5.75 Å². The van der Waals surface area contributed by atoms with Crippen molar-refractivity contribution < 1.29 is 14.6 Å². The van der Waals surface area contributed by atoms with Crippen molar-refractivity contribution in [3.8, 4) is 5.75 Å². The number of aromatic hydroxyl groups is 1. The maximum Gasteiger partial charge on any atom is 0.338 e. The third kappa shape index (κ3) is 4.11. The van der Waals surface area contributed by atoms with Crippen LogP contribution < -0.4 is 14.9 Å². The normalized spacial score (nSPS) is 16.0. The van der Waals surface area contributed by atoms with E-state index in [1.54, 1.807) is 56.3 Å². The number of rotatable bonds is 4. The first-order valence-corrected chi connectivity index (χ1v) is 11.3. The van der Waals surface area contributed by atoms with Gasteiger partial charge in [0.15, 0.2) is 4.80 Å². The number of allylic oxidation sites excluding steroid dienone is 1. The molecule has 0 spiro atoms. The number of benzene rings is 2. The van der Waals surface area contributed by atoms with Crippen LogP contribution in [0.4, 0.5) is 0 Å². The van der Waals surface area contributed by atoms with Gasteiger partial charge in [0.05, 0.1) is 28.5 Å². The molecule has 2 heterocycles. The summed E-state index contributed by atoms with van der Waals surface area (Å²) in [4.78, 5) is 31.2. The van der Waals surface area contributed by atoms with E-state index in [0.717, 1.165) is 0 Å². The van der Waals surface area contributed by atoms with Crippen LogP contribution in [0.3, 0.4) is 0 Å². The van der Waals surface area contributed by atoms with Gasteiger partial charge in [0.2, 0.25) is 0 Å². The fraction of sp³-hybridized carbons (Fsp3) is 0.174. The SMILES string of the molecule is CCOC(=O)C1=C(C)N=c2s/c(=C/c3cc(Cl)ccc3O)c(=O)n2[C@@H]1c1ccc(Cl)cc1. The zero-order chi connectivity index (χ0) is 23.0. The van der Waals surface area contributed by atoms with Crippen molar-refractivity contribution in [2.24, 2.45) is 4.99 Å². The van der Waals surface area contributed by atoms with E-state index in [9.17, 15) is 14.7 Å². The molecule has 0 saturated heterocycles. The molecule has 9 heteroatoms. The smallest absolute Gasteiger partial charge is 0.338 e. The van der Waals surface area contributed by atoms with E-state index in [2.05, 4.69) is 4.99 Å². The lowest BCUT2D eigenvalue weighted by Gasteiger charge is -2.24. The van der Waals surface area contributed by atoms with Crippen molar-refractivity contribution in [2.45, 2.75) is 19.9 Å². The number of carbonyl (C=O) groups is 1. The van der Waals surface area contributed by atoms with Crippen LogP contribution in [0.2, 0.25) is 10.0 Å². The lowest BCUT2D eigenvalue weighted by atomic mass is 9.96. The Balaban J connectivity index is 1.97. The Morgan fingerprint density at radius 2 is 1.91 bits per heavy atom. The highest BCUT2D eigenvalue weighted by Crippen LogP contribution is 2.31. The molecule has 0 fully saturated rings. The first kappa shape index (κ1) is 22.3. The van der Waals surface area contributed by atoms with Gasteiger partial charge in [-0.25, -0.2) is 9.79 Å². The van der Waals surface area contributed by atoms with Gasteiger partial charge in [0.1, 0.15) is 5.75 Å². The largest absolute Gasteiger partial charge is 0.507 e. The summed E-state index contributed by atoms with van der Waals surface area (Å²) in [6.07, 6.45) is 1.56. The number of halogens is 2. The van der Waals surface area contributed by atoms with Gasteiger partial charge in [0.25, 0.3) is 5.56 Å². The Morgan fingerprint density at radius 1 is 1.22 bits per heavy atom. The topological polar surface area (TPSA) is 80.9 Å². The van der Waals surface area contributed by atoms with Gasteiger partial charge in [-0.1, -0.05) is 46.7 Å². The van der Waals surface area contributed by atoms with Gasteiger partial charge in [0, 0.05) is 15.6 Å². The average Bonchev–Trinajstić information content (AvgIpc) is 3.05. The third-order valence-electron chi connectivity index (χ3n) is 4.98. The van der Waals surface area contributed by atoms with E-state index in [1.807, 2.05) is 0 Å². The zero-order valence-corrected chi connectivity index (χ0v) is 19.5. The fourth-order valence-electron chi connectivity index (χ4n) is 3.53. The first-order valence-electron chi connectivity index (χ1n) is 9.73. The number of hydrogen-bond donors (Lipinski definition) is 1. The summed E-state index contributed by atoms with van der Waals surface area (Å²) in [5, 5.41) is 11.1. The van der Waals surface area contributed by atoms with E-state index in [1.165, 1.54) is 22.0 Å². The second-order valence-corrected chi connectivity index (χ2v) is 8.94. The zero-order valence-electron chi connectivity index (χ0n) is 17.1. The van der Waals surface area contributed by atoms with Gasteiger partial charge >= 0.3 is 5.97 Å². The minimum atomic E-state index is -0.724. The third-order valence-corrected chi connectivity index (χ3v) is 6.45. The molecule has 0 saturated carbocycles. The van der Waals surface area contributed by atoms with E-state index in [-0.39, 0.29) is 17.9 Å². The fourth-order valence-corrected chi connectivity index (χ4v) is 4.88.